The summed E-state index contributed by atoms with van der Waals surface area (Å²) in [4.78, 5) is 4.38. The van der Waals surface area contributed by atoms with Crippen molar-refractivity contribution in [1.29, 1.82) is 0 Å². The summed E-state index contributed by atoms with van der Waals surface area (Å²) in [6, 6.07) is 0. The van der Waals surface area contributed by atoms with Gasteiger partial charge in [-0.2, -0.15) is 0 Å². The molecule has 0 aromatic heterocycles. The Bertz CT molecular complexity index is 111. The van der Waals surface area contributed by atoms with Crippen molar-refractivity contribution >= 4 is 25.2 Å². The molecule has 8 heavy (non-hydrogen) atoms. The Kier molecular flexibility index (Phi) is 2.14. The van der Waals surface area contributed by atoms with E-state index in [0.717, 1.165) is 6.54 Å². The molecular formula is C5H11NSSi. The number of hydrogen-bond acceptors (Lipinski definition) is 2. The summed E-state index contributed by atoms with van der Waals surface area (Å²) in [6.45, 7) is 5.74. The first-order valence-electron chi connectivity index (χ1n) is 2.98. The Balaban J connectivity index is 2.45. The fourth-order valence-electron chi connectivity index (χ4n) is 0.701. The van der Waals surface area contributed by atoms with Crippen molar-refractivity contribution in [3.8, 4) is 0 Å². The van der Waals surface area contributed by atoms with E-state index in [-0.39, 0.29) is 0 Å². The van der Waals surface area contributed by atoms with Gasteiger partial charge in [-0.15, -0.1) is 11.8 Å². The molecule has 0 aliphatic carbocycles. The van der Waals surface area contributed by atoms with E-state index in [2.05, 4.69) is 18.1 Å². The van der Waals surface area contributed by atoms with E-state index in [1.807, 2.05) is 11.8 Å². The third-order valence-electron chi connectivity index (χ3n) is 1.10. The predicted molar refractivity (Wildman–Crippen MR) is 43.6 cm³/mol. The zero-order valence-electron chi connectivity index (χ0n) is 5.35. The lowest BCUT2D eigenvalue weighted by Gasteiger charge is -1.97. The van der Waals surface area contributed by atoms with Gasteiger partial charge in [-0.05, 0) is 0 Å². The van der Waals surface area contributed by atoms with E-state index in [4.69, 9.17) is 0 Å². The van der Waals surface area contributed by atoms with Crippen LogP contribution in [0.1, 0.15) is 0 Å². The van der Waals surface area contributed by atoms with Gasteiger partial charge in [-0.25, -0.2) is 0 Å². The summed E-state index contributed by atoms with van der Waals surface area (Å²) in [7, 11) is -0.510. The second-order valence-electron chi connectivity index (χ2n) is 2.22. The van der Waals surface area contributed by atoms with Crippen LogP contribution in [0.25, 0.3) is 0 Å². The molecule has 0 aromatic carbocycles. The van der Waals surface area contributed by atoms with E-state index >= 15 is 0 Å². The molecule has 1 nitrogen and oxygen atoms in total. The van der Waals surface area contributed by atoms with Crippen molar-refractivity contribution in [1.82, 2.24) is 0 Å². The van der Waals surface area contributed by atoms with Crippen LogP contribution in [0, 0.1) is 0 Å². The van der Waals surface area contributed by atoms with Gasteiger partial charge in [-0.1, -0.05) is 13.1 Å². The van der Waals surface area contributed by atoms with E-state index in [9.17, 15) is 0 Å². The Labute approximate surface area is 56.2 Å². The van der Waals surface area contributed by atoms with Crippen molar-refractivity contribution < 1.29 is 0 Å². The fraction of sp³-hybridized carbons (Fsp3) is 0.800. The predicted octanol–water partition coefficient (Wildman–Crippen LogP) is 1.16. The zero-order chi connectivity index (χ0) is 5.98. The van der Waals surface area contributed by atoms with Crippen molar-refractivity contribution in [2.24, 2.45) is 4.99 Å². The van der Waals surface area contributed by atoms with E-state index in [1.54, 1.807) is 0 Å². The van der Waals surface area contributed by atoms with Crippen LogP contribution in [0.3, 0.4) is 0 Å². The molecule has 46 valence electrons. The first-order chi connectivity index (χ1) is 3.80. The van der Waals surface area contributed by atoms with Gasteiger partial charge in [0, 0.05) is 17.0 Å². The minimum Gasteiger partial charge on any atom is -0.287 e. The Morgan fingerprint density at radius 2 is 2.38 bits per heavy atom. The normalized spacial score (nSPS) is 19.6. The lowest BCUT2D eigenvalue weighted by atomic mass is 10.8. The van der Waals surface area contributed by atoms with E-state index in [0.29, 0.717) is 0 Å². The Morgan fingerprint density at radius 1 is 1.62 bits per heavy atom. The maximum Gasteiger partial charge on any atom is 0.0961 e. The molecule has 0 bridgehead atoms. The second kappa shape index (κ2) is 2.69. The summed E-state index contributed by atoms with van der Waals surface area (Å²) >= 11 is 1.96. The third-order valence-corrected chi connectivity index (χ3v) is 5.00. The minimum absolute atomic E-state index is 0.510. The minimum atomic E-state index is -0.510. The van der Waals surface area contributed by atoms with Crippen LogP contribution in [-0.4, -0.2) is 25.8 Å². The number of hydrogen-bond donors (Lipinski definition) is 0. The molecule has 0 N–H and O–H groups in total. The smallest absolute Gasteiger partial charge is 0.0961 e. The van der Waals surface area contributed by atoms with Crippen molar-refractivity contribution in [2.75, 3.05) is 12.3 Å². The van der Waals surface area contributed by atoms with Gasteiger partial charge in [0.15, 0.2) is 0 Å². The molecule has 1 aliphatic rings. The molecule has 1 aliphatic heterocycles. The van der Waals surface area contributed by atoms with Gasteiger partial charge in [0.1, 0.15) is 0 Å². The molecular weight excluding hydrogens is 134 g/mol. The van der Waals surface area contributed by atoms with Crippen LogP contribution in [0.5, 0.6) is 0 Å². The van der Waals surface area contributed by atoms with Crippen LogP contribution >= 0.6 is 11.8 Å². The fourth-order valence-corrected chi connectivity index (χ4v) is 3.46. The molecule has 0 spiro atoms. The average molecular weight is 145 g/mol. The van der Waals surface area contributed by atoms with Gasteiger partial charge in [0.2, 0.25) is 0 Å². The maximum absolute atomic E-state index is 4.38. The van der Waals surface area contributed by atoms with Gasteiger partial charge in [-0.3, -0.25) is 4.99 Å². The SMILES string of the molecule is C[SiH](C)C1=NCCS1. The lowest BCUT2D eigenvalue weighted by molar-refractivity contribution is 1.18. The first-order valence-corrected chi connectivity index (χ1v) is 6.85. The number of aliphatic imine (C=N–C) groups is 1. The first kappa shape index (κ1) is 6.36. The second-order valence-corrected chi connectivity index (χ2v) is 6.61. The Hall–Kier alpha value is 0.237. The molecule has 0 atom stereocenters. The standard InChI is InChI=1S/C5H11NSSi/c1-8(2)5-6-3-4-7-5/h8H,3-4H2,1-2H3. The van der Waals surface area contributed by atoms with E-state index < -0.39 is 8.80 Å². The summed E-state index contributed by atoms with van der Waals surface area (Å²) < 4.78 is 1.48. The van der Waals surface area contributed by atoms with Crippen LogP contribution in [0.2, 0.25) is 13.1 Å². The average Bonchev–Trinajstić information content (AvgIpc) is 2.12. The van der Waals surface area contributed by atoms with Crippen molar-refractivity contribution in [3.05, 3.63) is 0 Å². The van der Waals surface area contributed by atoms with Gasteiger partial charge in [0.05, 0.1) is 8.80 Å². The molecule has 1 heterocycles. The summed E-state index contributed by atoms with van der Waals surface area (Å²) in [5.41, 5.74) is 0. The Morgan fingerprint density at radius 3 is 2.62 bits per heavy atom. The lowest BCUT2D eigenvalue weighted by Crippen LogP contribution is -2.11. The summed E-state index contributed by atoms with van der Waals surface area (Å²) in [6.07, 6.45) is 0. The van der Waals surface area contributed by atoms with Crippen molar-refractivity contribution in [2.45, 2.75) is 13.1 Å². The topological polar surface area (TPSA) is 12.4 Å². The highest BCUT2D eigenvalue weighted by Crippen LogP contribution is 2.13. The number of nitrogens with zero attached hydrogens (tertiary/aromatic N) is 1. The highest BCUT2D eigenvalue weighted by molar-refractivity contribution is 8.17. The monoisotopic (exact) mass is 145 g/mol. The summed E-state index contributed by atoms with van der Waals surface area (Å²) in [5.74, 6) is 1.24. The van der Waals surface area contributed by atoms with Gasteiger partial charge in [0.25, 0.3) is 0 Å². The molecule has 3 heteroatoms. The largest absolute Gasteiger partial charge is 0.287 e. The highest BCUT2D eigenvalue weighted by atomic mass is 32.2. The molecule has 0 unspecified atom stereocenters. The van der Waals surface area contributed by atoms with Crippen LogP contribution < -0.4 is 0 Å². The highest BCUT2D eigenvalue weighted by Gasteiger charge is 2.10. The third kappa shape index (κ3) is 1.35. The molecule has 1 rings (SSSR count). The number of thioether (sulfide) groups is 1. The molecule has 0 fully saturated rings. The van der Waals surface area contributed by atoms with Crippen LogP contribution in [0.15, 0.2) is 4.99 Å². The van der Waals surface area contributed by atoms with Crippen LogP contribution in [0.4, 0.5) is 0 Å². The summed E-state index contributed by atoms with van der Waals surface area (Å²) in [5, 5.41) is 0. The molecule has 0 saturated heterocycles. The van der Waals surface area contributed by atoms with Gasteiger partial charge >= 0.3 is 0 Å². The molecule has 0 aromatic rings. The molecule has 0 amide bonds. The van der Waals surface area contributed by atoms with Gasteiger partial charge < -0.3 is 0 Å². The van der Waals surface area contributed by atoms with Crippen LogP contribution in [-0.2, 0) is 0 Å². The maximum atomic E-state index is 4.38. The number of rotatable bonds is 1. The van der Waals surface area contributed by atoms with E-state index in [1.165, 1.54) is 10.4 Å². The quantitative estimate of drug-likeness (QED) is 0.504. The van der Waals surface area contributed by atoms with Crippen molar-refractivity contribution in [3.63, 3.8) is 0 Å². The zero-order valence-corrected chi connectivity index (χ0v) is 7.32. The molecule has 0 saturated carbocycles. The molecule has 0 radical (unpaired) electrons.